The fraction of sp³-hybridized carbons (Fsp3) is 0.381. The maximum absolute atomic E-state index is 13.1. The Hall–Kier alpha value is -2.13. The summed E-state index contributed by atoms with van der Waals surface area (Å²) in [5.41, 5.74) is 3.54. The van der Waals surface area contributed by atoms with Crippen molar-refractivity contribution in [2.75, 3.05) is 13.1 Å². The highest BCUT2D eigenvalue weighted by atomic mass is 16.2. The predicted molar refractivity (Wildman–Crippen MR) is 97.6 cm³/mol. The van der Waals surface area contributed by atoms with Crippen LogP contribution in [-0.2, 0) is 11.3 Å². The van der Waals surface area contributed by atoms with Crippen LogP contribution in [0, 0.1) is 6.92 Å². The van der Waals surface area contributed by atoms with Crippen LogP contribution in [0.15, 0.2) is 54.6 Å². The molecular weight excluding hydrogens is 296 g/mol. The van der Waals surface area contributed by atoms with Gasteiger partial charge in [-0.15, -0.1) is 0 Å². The summed E-state index contributed by atoms with van der Waals surface area (Å²) in [6.07, 6.45) is 3.46. The molecule has 1 unspecified atom stereocenters. The zero-order valence-electron chi connectivity index (χ0n) is 14.4. The number of hydrogen-bond acceptors (Lipinski definition) is 2. The number of nitrogens with zero attached hydrogens (tertiary/aromatic N) is 1. The van der Waals surface area contributed by atoms with Crippen molar-refractivity contribution in [2.45, 2.75) is 38.8 Å². The van der Waals surface area contributed by atoms with Crippen molar-refractivity contribution in [1.29, 1.82) is 0 Å². The molecule has 0 saturated carbocycles. The van der Waals surface area contributed by atoms with Crippen LogP contribution in [0.1, 0.15) is 42.0 Å². The zero-order chi connectivity index (χ0) is 16.8. The number of nitrogens with one attached hydrogen (secondary N) is 1. The first-order valence-corrected chi connectivity index (χ1v) is 8.87. The molecule has 24 heavy (non-hydrogen) atoms. The van der Waals surface area contributed by atoms with Crippen molar-refractivity contribution in [3.05, 3.63) is 71.3 Å². The van der Waals surface area contributed by atoms with Crippen molar-refractivity contribution in [1.82, 2.24) is 10.2 Å². The molecule has 2 aromatic rings. The Labute approximate surface area is 144 Å². The van der Waals surface area contributed by atoms with Gasteiger partial charge in [-0.05, 0) is 42.9 Å². The quantitative estimate of drug-likeness (QED) is 0.907. The van der Waals surface area contributed by atoms with Crippen molar-refractivity contribution < 1.29 is 4.79 Å². The minimum Gasteiger partial charge on any atom is -0.341 e. The van der Waals surface area contributed by atoms with Crippen LogP contribution < -0.4 is 5.32 Å². The third kappa shape index (κ3) is 4.04. The minimum atomic E-state index is -0.274. The standard InChI is InChI=1S/C21H26N2O/c1-17-10-6-7-13-19(17)16-22-20(18-11-4-2-5-12-18)21(24)23-14-8-3-9-15-23/h2,4-7,10-13,20,22H,3,8-9,14-16H2,1H3. The molecular formula is C21H26N2O. The number of rotatable bonds is 5. The van der Waals surface area contributed by atoms with Gasteiger partial charge in [-0.1, -0.05) is 54.6 Å². The van der Waals surface area contributed by atoms with Crippen LogP contribution in [0.2, 0.25) is 0 Å². The summed E-state index contributed by atoms with van der Waals surface area (Å²) in [6, 6.07) is 18.1. The summed E-state index contributed by atoms with van der Waals surface area (Å²) in [4.78, 5) is 15.1. The first-order valence-electron chi connectivity index (χ1n) is 8.87. The van der Waals surface area contributed by atoms with Crippen LogP contribution in [-0.4, -0.2) is 23.9 Å². The summed E-state index contributed by atoms with van der Waals surface area (Å²) in [6.45, 7) is 4.58. The number of hydrogen-bond donors (Lipinski definition) is 1. The molecule has 126 valence electrons. The molecule has 1 amide bonds. The highest BCUT2D eigenvalue weighted by Crippen LogP contribution is 2.20. The molecule has 3 rings (SSSR count). The van der Waals surface area contributed by atoms with E-state index in [2.05, 4.69) is 24.4 Å². The fourth-order valence-corrected chi connectivity index (χ4v) is 3.31. The first kappa shape index (κ1) is 16.7. The molecule has 2 aromatic carbocycles. The maximum atomic E-state index is 13.1. The predicted octanol–water partition coefficient (Wildman–Crippen LogP) is 3.84. The van der Waals surface area contributed by atoms with Crippen LogP contribution in [0.25, 0.3) is 0 Å². The summed E-state index contributed by atoms with van der Waals surface area (Å²) >= 11 is 0. The van der Waals surface area contributed by atoms with E-state index < -0.39 is 0 Å². The maximum Gasteiger partial charge on any atom is 0.244 e. The lowest BCUT2D eigenvalue weighted by atomic mass is 10.0. The molecule has 0 aromatic heterocycles. The van der Waals surface area contributed by atoms with E-state index in [0.29, 0.717) is 6.54 Å². The van der Waals surface area contributed by atoms with Gasteiger partial charge in [0.05, 0.1) is 0 Å². The third-order valence-electron chi connectivity index (χ3n) is 4.81. The van der Waals surface area contributed by atoms with E-state index in [4.69, 9.17) is 0 Å². The monoisotopic (exact) mass is 322 g/mol. The minimum absolute atomic E-state index is 0.203. The lowest BCUT2D eigenvalue weighted by molar-refractivity contribution is -0.134. The second-order valence-corrected chi connectivity index (χ2v) is 6.54. The Morgan fingerprint density at radius 1 is 1.00 bits per heavy atom. The molecule has 0 aliphatic carbocycles. The van der Waals surface area contributed by atoms with E-state index in [1.165, 1.54) is 17.5 Å². The van der Waals surface area contributed by atoms with Crippen molar-refractivity contribution in [2.24, 2.45) is 0 Å². The molecule has 1 aliphatic rings. The van der Waals surface area contributed by atoms with Gasteiger partial charge in [0.2, 0.25) is 5.91 Å². The number of likely N-dealkylation sites (tertiary alicyclic amines) is 1. The van der Waals surface area contributed by atoms with Crippen LogP contribution >= 0.6 is 0 Å². The molecule has 0 radical (unpaired) electrons. The van der Waals surface area contributed by atoms with Gasteiger partial charge >= 0.3 is 0 Å². The number of aryl methyl sites for hydroxylation is 1. The second kappa shape index (κ2) is 8.11. The molecule has 1 saturated heterocycles. The van der Waals surface area contributed by atoms with Gasteiger partial charge in [0.1, 0.15) is 6.04 Å². The van der Waals surface area contributed by atoms with Crippen molar-refractivity contribution in [3.8, 4) is 0 Å². The van der Waals surface area contributed by atoms with Gasteiger partial charge in [0.25, 0.3) is 0 Å². The lowest BCUT2D eigenvalue weighted by Crippen LogP contribution is -2.43. The van der Waals surface area contributed by atoms with Crippen molar-refractivity contribution in [3.63, 3.8) is 0 Å². The van der Waals surface area contributed by atoms with E-state index >= 15 is 0 Å². The Kier molecular flexibility index (Phi) is 5.65. The smallest absolute Gasteiger partial charge is 0.244 e. The topological polar surface area (TPSA) is 32.3 Å². The lowest BCUT2D eigenvalue weighted by Gasteiger charge is -2.31. The van der Waals surface area contributed by atoms with Crippen molar-refractivity contribution >= 4 is 5.91 Å². The molecule has 3 heteroatoms. The average molecular weight is 322 g/mol. The van der Waals surface area contributed by atoms with E-state index in [0.717, 1.165) is 31.5 Å². The third-order valence-corrected chi connectivity index (χ3v) is 4.81. The highest BCUT2D eigenvalue weighted by molar-refractivity contribution is 5.83. The van der Waals surface area contributed by atoms with Gasteiger partial charge in [-0.2, -0.15) is 0 Å². The second-order valence-electron chi connectivity index (χ2n) is 6.54. The summed E-state index contributed by atoms with van der Waals surface area (Å²) in [7, 11) is 0. The number of benzene rings is 2. The Bertz CT molecular complexity index is 663. The molecule has 1 N–H and O–H groups in total. The fourth-order valence-electron chi connectivity index (χ4n) is 3.31. The van der Waals surface area contributed by atoms with E-state index in [-0.39, 0.29) is 11.9 Å². The molecule has 0 bridgehead atoms. The molecule has 1 heterocycles. The summed E-state index contributed by atoms with van der Waals surface area (Å²) < 4.78 is 0. The van der Waals surface area contributed by atoms with E-state index in [9.17, 15) is 4.79 Å². The van der Waals surface area contributed by atoms with Gasteiger partial charge in [-0.25, -0.2) is 0 Å². The highest BCUT2D eigenvalue weighted by Gasteiger charge is 2.26. The Morgan fingerprint density at radius 3 is 2.38 bits per heavy atom. The summed E-state index contributed by atoms with van der Waals surface area (Å²) in [5, 5.41) is 3.50. The largest absolute Gasteiger partial charge is 0.341 e. The number of carbonyl (C=O) groups excluding carboxylic acids is 1. The van der Waals surface area contributed by atoms with Gasteiger partial charge in [-0.3, -0.25) is 10.1 Å². The van der Waals surface area contributed by atoms with Crippen LogP contribution in [0.4, 0.5) is 0 Å². The van der Waals surface area contributed by atoms with Gasteiger partial charge in [0.15, 0.2) is 0 Å². The molecule has 0 spiro atoms. The van der Waals surface area contributed by atoms with Crippen LogP contribution in [0.5, 0.6) is 0 Å². The first-order chi connectivity index (χ1) is 11.8. The van der Waals surface area contributed by atoms with Gasteiger partial charge in [0, 0.05) is 19.6 Å². The molecule has 1 aliphatic heterocycles. The Morgan fingerprint density at radius 2 is 1.67 bits per heavy atom. The molecule has 1 fully saturated rings. The average Bonchev–Trinajstić information content (AvgIpc) is 2.65. The zero-order valence-corrected chi connectivity index (χ0v) is 14.4. The van der Waals surface area contributed by atoms with Crippen LogP contribution in [0.3, 0.4) is 0 Å². The molecule has 3 nitrogen and oxygen atoms in total. The SMILES string of the molecule is Cc1ccccc1CNC(C(=O)N1CCCCC1)c1ccccc1. The van der Waals surface area contributed by atoms with Gasteiger partial charge < -0.3 is 4.90 Å². The number of piperidine rings is 1. The van der Waals surface area contributed by atoms with E-state index in [1.807, 2.05) is 47.4 Å². The summed E-state index contributed by atoms with van der Waals surface area (Å²) in [5.74, 6) is 0.203. The number of amides is 1. The molecule has 1 atom stereocenters. The number of carbonyl (C=O) groups is 1. The Balaban J connectivity index is 1.77. The normalized spacial score (nSPS) is 16.0. The van der Waals surface area contributed by atoms with E-state index in [1.54, 1.807) is 0 Å².